The van der Waals surface area contributed by atoms with E-state index in [1.54, 1.807) is 11.0 Å². The second kappa shape index (κ2) is 8.35. The molecule has 1 amide bonds. The van der Waals surface area contributed by atoms with Crippen LogP contribution in [0, 0.1) is 0 Å². The summed E-state index contributed by atoms with van der Waals surface area (Å²) in [6.07, 6.45) is 2.35. The van der Waals surface area contributed by atoms with Crippen LogP contribution >= 0.6 is 0 Å². The normalized spacial score (nSPS) is 11.8. The molecule has 0 radical (unpaired) electrons. The molecule has 1 unspecified atom stereocenters. The van der Waals surface area contributed by atoms with Crippen LogP contribution in [0.1, 0.15) is 34.1 Å². The second-order valence-corrected chi connectivity index (χ2v) is 4.47. The number of ether oxygens (including phenoxy) is 1. The largest absolute Gasteiger partial charge is 0.478 e. The van der Waals surface area contributed by atoms with E-state index in [2.05, 4.69) is 15.3 Å². The predicted molar refractivity (Wildman–Crippen MR) is 78.8 cm³/mol. The molecule has 0 bridgehead atoms. The smallest absolute Gasteiger partial charge is 0.244 e. The van der Waals surface area contributed by atoms with Gasteiger partial charge >= 0.3 is 0 Å². The average Bonchev–Trinajstić information content (AvgIpc) is 2.46. The molecule has 1 N–H and O–H groups in total. The minimum absolute atomic E-state index is 0.0599. The zero-order valence-electron chi connectivity index (χ0n) is 12.7. The topological polar surface area (TPSA) is 67.3 Å². The van der Waals surface area contributed by atoms with E-state index in [0.717, 1.165) is 6.42 Å². The molecule has 1 atom stereocenters. The SMILES string of the molecule is CCCOc1cc(NC(C)C(=O)N(CC)CC)ncn1. The molecule has 0 saturated heterocycles. The first-order valence-corrected chi connectivity index (χ1v) is 7.12. The summed E-state index contributed by atoms with van der Waals surface area (Å²) in [4.78, 5) is 22.1. The fraction of sp³-hybridized carbons (Fsp3) is 0.643. The number of rotatable bonds is 8. The van der Waals surface area contributed by atoms with Gasteiger partial charge in [-0.25, -0.2) is 9.97 Å². The van der Waals surface area contributed by atoms with Crippen molar-refractivity contribution in [3.8, 4) is 5.88 Å². The molecule has 0 aliphatic rings. The molecule has 0 aromatic carbocycles. The Morgan fingerprint density at radius 2 is 2.05 bits per heavy atom. The van der Waals surface area contributed by atoms with E-state index in [1.807, 2.05) is 27.7 Å². The Morgan fingerprint density at radius 3 is 2.65 bits per heavy atom. The van der Waals surface area contributed by atoms with Gasteiger partial charge in [-0.2, -0.15) is 0 Å². The third-order valence-corrected chi connectivity index (χ3v) is 2.91. The lowest BCUT2D eigenvalue weighted by Crippen LogP contribution is -2.41. The van der Waals surface area contributed by atoms with Gasteiger partial charge in [-0.1, -0.05) is 6.92 Å². The first kappa shape index (κ1) is 16.2. The molecule has 0 spiro atoms. The van der Waals surface area contributed by atoms with Crippen LogP contribution in [-0.2, 0) is 4.79 Å². The maximum Gasteiger partial charge on any atom is 0.244 e. The summed E-state index contributed by atoms with van der Waals surface area (Å²) in [5.74, 6) is 1.18. The molecule has 6 nitrogen and oxygen atoms in total. The minimum atomic E-state index is -0.330. The van der Waals surface area contributed by atoms with E-state index in [9.17, 15) is 4.79 Å². The van der Waals surface area contributed by atoms with Gasteiger partial charge in [-0.3, -0.25) is 4.79 Å². The molecule has 1 rings (SSSR count). The van der Waals surface area contributed by atoms with Gasteiger partial charge in [0, 0.05) is 19.2 Å². The highest BCUT2D eigenvalue weighted by atomic mass is 16.5. The lowest BCUT2D eigenvalue weighted by molar-refractivity contribution is -0.131. The fourth-order valence-corrected chi connectivity index (χ4v) is 1.80. The molecule has 6 heteroatoms. The van der Waals surface area contributed by atoms with Crippen LogP contribution in [-0.4, -0.2) is 46.5 Å². The number of likely N-dealkylation sites (N-methyl/N-ethyl adjacent to an activating group) is 1. The van der Waals surface area contributed by atoms with E-state index >= 15 is 0 Å². The van der Waals surface area contributed by atoms with Gasteiger partial charge in [-0.05, 0) is 27.2 Å². The molecule has 0 saturated carbocycles. The van der Waals surface area contributed by atoms with Gasteiger partial charge in [0.05, 0.1) is 6.61 Å². The molecule has 1 aromatic heterocycles. The summed E-state index contributed by atoms with van der Waals surface area (Å²) < 4.78 is 5.44. The highest BCUT2D eigenvalue weighted by molar-refractivity contribution is 5.84. The number of anilines is 1. The Bertz CT molecular complexity index is 421. The van der Waals surface area contributed by atoms with Crippen molar-refractivity contribution in [3.05, 3.63) is 12.4 Å². The Hall–Kier alpha value is -1.85. The quantitative estimate of drug-likeness (QED) is 0.788. The Labute approximate surface area is 120 Å². The number of carbonyl (C=O) groups is 1. The molecule has 20 heavy (non-hydrogen) atoms. The van der Waals surface area contributed by atoms with Crippen molar-refractivity contribution in [2.45, 2.75) is 40.2 Å². The third-order valence-electron chi connectivity index (χ3n) is 2.91. The summed E-state index contributed by atoms with van der Waals surface area (Å²) in [6.45, 7) is 9.82. The highest BCUT2D eigenvalue weighted by Crippen LogP contribution is 2.12. The maximum absolute atomic E-state index is 12.2. The lowest BCUT2D eigenvalue weighted by atomic mass is 10.2. The van der Waals surface area contributed by atoms with E-state index in [-0.39, 0.29) is 11.9 Å². The third kappa shape index (κ3) is 4.68. The number of carbonyl (C=O) groups excluding carboxylic acids is 1. The minimum Gasteiger partial charge on any atom is -0.478 e. The maximum atomic E-state index is 12.2. The summed E-state index contributed by atoms with van der Waals surface area (Å²) >= 11 is 0. The number of aromatic nitrogens is 2. The van der Waals surface area contributed by atoms with Crippen LogP contribution in [0.5, 0.6) is 5.88 Å². The first-order chi connectivity index (χ1) is 9.62. The van der Waals surface area contributed by atoms with Crippen LogP contribution in [0.25, 0.3) is 0 Å². The van der Waals surface area contributed by atoms with Crippen molar-refractivity contribution in [3.63, 3.8) is 0 Å². The van der Waals surface area contributed by atoms with Crippen molar-refractivity contribution in [2.75, 3.05) is 25.0 Å². The lowest BCUT2D eigenvalue weighted by Gasteiger charge is -2.23. The Balaban J connectivity index is 2.65. The van der Waals surface area contributed by atoms with E-state index in [0.29, 0.717) is 31.4 Å². The molecule has 0 aliphatic carbocycles. The number of amides is 1. The van der Waals surface area contributed by atoms with Gasteiger partial charge in [-0.15, -0.1) is 0 Å². The zero-order chi connectivity index (χ0) is 15.0. The van der Waals surface area contributed by atoms with Gasteiger partial charge in [0.25, 0.3) is 0 Å². The number of hydrogen-bond donors (Lipinski definition) is 1. The second-order valence-electron chi connectivity index (χ2n) is 4.47. The van der Waals surface area contributed by atoms with Crippen LogP contribution in [0.3, 0.4) is 0 Å². The molecule has 1 aromatic rings. The summed E-state index contributed by atoms with van der Waals surface area (Å²) in [7, 11) is 0. The summed E-state index contributed by atoms with van der Waals surface area (Å²) in [6, 6.07) is 1.38. The predicted octanol–water partition coefficient (Wildman–Crippen LogP) is 1.93. The molecule has 0 fully saturated rings. The van der Waals surface area contributed by atoms with E-state index in [1.165, 1.54) is 6.33 Å². The van der Waals surface area contributed by atoms with Crippen molar-refractivity contribution < 1.29 is 9.53 Å². The molecular formula is C14H24N4O2. The molecule has 112 valence electrons. The Morgan fingerprint density at radius 1 is 1.35 bits per heavy atom. The van der Waals surface area contributed by atoms with Crippen LogP contribution in [0.15, 0.2) is 12.4 Å². The molecular weight excluding hydrogens is 256 g/mol. The number of nitrogens with zero attached hydrogens (tertiary/aromatic N) is 3. The monoisotopic (exact) mass is 280 g/mol. The molecule has 0 aliphatic heterocycles. The van der Waals surface area contributed by atoms with Crippen LogP contribution in [0.2, 0.25) is 0 Å². The van der Waals surface area contributed by atoms with Gasteiger partial charge < -0.3 is 15.0 Å². The standard InChI is InChI=1S/C14H24N4O2/c1-5-8-20-13-9-12(15-10-16-13)17-11(4)14(19)18(6-2)7-3/h9-11H,5-8H2,1-4H3,(H,15,16,17). The Kier molecular flexibility index (Phi) is 6.76. The van der Waals surface area contributed by atoms with Crippen LogP contribution < -0.4 is 10.1 Å². The van der Waals surface area contributed by atoms with Crippen molar-refractivity contribution in [1.29, 1.82) is 0 Å². The molecule has 1 heterocycles. The zero-order valence-corrected chi connectivity index (χ0v) is 12.7. The van der Waals surface area contributed by atoms with Gasteiger partial charge in [0.15, 0.2) is 0 Å². The average molecular weight is 280 g/mol. The number of nitrogens with one attached hydrogen (secondary N) is 1. The van der Waals surface area contributed by atoms with Gasteiger partial charge in [0.2, 0.25) is 11.8 Å². The van der Waals surface area contributed by atoms with Crippen molar-refractivity contribution in [2.24, 2.45) is 0 Å². The van der Waals surface area contributed by atoms with Crippen molar-refractivity contribution in [1.82, 2.24) is 14.9 Å². The first-order valence-electron chi connectivity index (χ1n) is 7.12. The van der Waals surface area contributed by atoms with E-state index in [4.69, 9.17) is 4.74 Å². The fourth-order valence-electron chi connectivity index (χ4n) is 1.80. The van der Waals surface area contributed by atoms with Gasteiger partial charge in [0.1, 0.15) is 18.2 Å². The summed E-state index contributed by atoms with van der Waals surface area (Å²) in [5, 5.41) is 3.09. The van der Waals surface area contributed by atoms with E-state index < -0.39 is 0 Å². The summed E-state index contributed by atoms with van der Waals surface area (Å²) in [5.41, 5.74) is 0. The highest BCUT2D eigenvalue weighted by Gasteiger charge is 2.18. The van der Waals surface area contributed by atoms with Crippen LogP contribution in [0.4, 0.5) is 5.82 Å². The number of hydrogen-bond acceptors (Lipinski definition) is 5. The van der Waals surface area contributed by atoms with Crippen molar-refractivity contribution >= 4 is 11.7 Å².